The fourth-order valence-corrected chi connectivity index (χ4v) is 2.58. The highest BCUT2D eigenvalue weighted by atomic mass is 16.5. The maximum absolute atomic E-state index is 12.7. The third-order valence-electron chi connectivity index (χ3n) is 3.85. The van der Waals surface area contributed by atoms with E-state index in [0.29, 0.717) is 34.1 Å². The summed E-state index contributed by atoms with van der Waals surface area (Å²) in [5.74, 6) is 2.38. The molecule has 0 unspecified atom stereocenters. The first kappa shape index (κ1) is 15.9. The lowest BCUT2D eigenvalue weighted by Gasteiger charge is -2.19. The van der Waals surface area contributed by atoms with Crippen molar-refractivity contribution in [1.82, 2.24) is 0 Å². The van der Waals surface area contributed by atoms with Gasteiger partial charge in [-0.15, -0.1) is 0 Å². The number of carbonyl (C=O) groups is 1. The van der Waals surface area contributed by atoms with Crippen molar-refractivity contribution < 1.29 is 23.7 Å². The molecule has 5 heteroatoms. The Morgan fingerprint density at radius 3 is 2.46 bits per heavy atom. The summed E-state index contributed by atoms with van der Waals surface area (Å²) in [5.41, 5.74) is 1.92. The summed E-state index contributed by atoms with van der Waals surface area (Å²) in [6.45, 7) is 0.229. The molecule has 0 atom stereocenters. The van der Waals surface area contributed by atoms with Crippen molar-refractivity contribution in [2.75, 3.05) is 27.9 Å². The van der Waals surface area contributed by atoms with Crippen molar-refractivity contribution in [1.29, 1.82) is 0 Å². The standard InChI is InChI=1S/C19H18O5/c1-21-14-5-7-16-15(10-14)19(20)13(11-24-16)8-12-4-6-17(22-2)18(9-12)23-3/h4-10H,11H2,1-3H3. The minimum Gasteiger partial charge on any atom is -0.497 e. The molecule has 0 N–H and O–H groups in total. The molecule has 24 heavy (non-hydrogen) atoms. The molecule has 1 aliphatic rings. The van der Waals surface area contributed by atoms with Gasteiger partial charge in [-0.3, -0.25) is 4.79 Å². The molecule has 0 radical (unpaired) electrons. The number of benzene rings is 2. The summed E-state index contributed by atoms with van der Waals surface area (Å²) in [5, 5.41) is 0. The van der Waals surface area contributed by atoms with E-state index in [1.165, 1.54) is 0 Å². The van der Waals surface area contributed by atoms with E-state index in [-0.39, 0.29) is 12.4 Å². The van der Waals surface area contributed by atoms with Crippen LogP contribution in [-0.4, -0.2) is 33.7 Å². The van der Waals surface area contributed by atoms with Gasteiger partial charge in [0.25, 0.3) is 0 Å². The summed E-state index contributed by atoms with van der Waals surface area (Å²) in [6, 6.07) is 10.7. The smallest absolute Gasteiger partial charge is 0.196 e. The number of rotatable bonds is 4. The van der Waals surface area contributed by atoms with Crippen LogP contribution in [-0.2, 0) is 0 Å². The van der Waals surface area contributed by atoms with Crippen molar-refractivity contribution >= 4 is 11.9 Å². The first-order valence-electron chi connectivity index (χ1n) is 7.44. The highest BCUT2D eigenvalue weighted by Gasteiger charge is 2.24. The molecule has 0 aromatic heterocycles. The summed E-state index contributed by atoms with van der Waals surface area (Å²) >= 11 is 0. The molecule has 0 aliphatic carbocycles. The zero-order valence-electron chi connectivity index (χ0n) is 13.8. The molecule has 0 amide bonds. The molecular formula is C19H18O5. The minimum absolute atomic E-state index is 0.0649. The van der Waals surface area contributed by atoms with E-state index in [0.717, 1.165) is 5.56 Å². The highest BCUT2D eigenvalue weighted by molar-refractivity contribution is 6.14. The van der Waals surface area contributed by atoms with Crippen molar-refractivity contribution in [3.05, 3.63) is 53.1 Å². The first-order valence-corrected chi connectivity index (χ1v) is 7.44. The van der Waals surface area contributed by atoms with Crippen molar-refractivity contribution in [3.8, 4) is 23.0 Å². The summed E-state index contributed by atoms with van der Waals surface area (Å²) in [7, 11) is 4.72. The predicted molar refractivity (Wildman–Crippen MR) is 90.3 cm³/mol. The van der Waals surface area contributed by atoms with Crippen LogP contribution in [0.4, 0.5) is 0 Å². The lowest BCUT2D eigenvalue weighted by molar-refractivity contribution is 0.100. The largest absolute Gasteiger partial charge is 0.497 e. The highest BCUT2D eigenvalue weighted by Crippen LogP contribution is 2.32. The van der Waals surface area contributed by atoms with Gasteiger partial charge in [0.05, 0.1) is 26.9 Å². The maximum Gasteiger partial charge on any atom is 0.196 e. The Morgan fingerprint density at radius 2 is 1.75 bits per heavy atom. The molecule has 0 spiro atoms. The second-order valence-electron chi connectivity index (χ2n) is 5.26. The third-order valence-corrected chi connectivity index (χ3v) is 3.85. The van der Waals surface area contributed by atoms with Crippen molar-refractivity contribution in [2.45, 2.75) is 0 Å². The average Bonchev–Trinajstić information content (AvgIpc) is 2.63. The van der Waals surface area contributed by atoms with E-state index in [1.807, 2.05) is 12.1 Å². The van der Waals surface area contributed by atoms with Gasteiger partial charge in [-0.1, -0.05) is 6.07 Å². The summed E-state index contributed by atoms with van der Waals surface area (Å²) in [6.07, 6.45) is 1.80. The topological polar surface area (TPSA) is 54.0 Å². The average molecular weight is 326 g/mol. The Bertz CT molecular complexity index is 807. The number of Topliss-reactive ketones (excluding diaryl/α,β-unsaturated/α-hetero) is 1. The van der Waals surface area contributed by atoms with Gasteiger partial charge in [0.2, 0.25) is 0 Å². The monoisotopic (exact) mass is 326 g/mol. The molecule has 0 saturated heterocycles. The Labute approximate surface area is 140 Å². The summed E-state index contributed by atoms with van der Waals surface area (Å²) in [4.78, 5) is 12.7. The van der Waals surface area contributed by atoms with Gasteiger partial charge in [0, 0.05) is 5.57 Å². The van der Waals surface area contributed by atoms with Gasteiger partial charge in [-0.25, -0.2) is 0 Å². The maximum atomic E-state index is 12.7. The molecule has 3 rings (SSSR count). The molecule has 1 aliphatic heterocycles. The number of methoxy groups -OCH3 is 3. The molecule has 2 aromatic carbocycles. The molecule has 2 aromatic rings. The molecule has 0 fully saturated rings. The van der Waals surface area contributed by atoms with Gasteiger partial charge < -0.3 is 18.9 Å². The van der Waals surface area contributed by atoms with E-state index in [4.69, 9.17) is 18.9 Å². The Morgan fingerprint density at radius 1 is 0.958 bits per heavy atom. The fraction of sp³-hybridized carbons (Fsp3) is 0.211. The van der Waals surface area contributed by atoms with Crippen LogP contribution < -0.4 is 18.9 Å². The Balaban J connectivity index is 1.95. The van der Waals surface area contributed by atoms with Crippen LogP contribution in [0.15, 0.2) is 42.0 Å². The van der Waals surface area contributed by atoms with Crippen molar-refractivity contribution in [3.63, 3.8) is 0 Å². The van der Waals surface area contributed by atoms with Gasteiger partial charge >= 0.3 is 0 Å². The van der Waals surface area contributed by atoms with Gasteiger partial charge in [0.1, 0.15) is 18.1 Å². The van der Waals surface area contributed by atoms with Gasteiger partial charge in [-0.05, 0) is 42.0 Å². The third kappa shape index (κ3) is 2.93. The molecule has 0 bridgehead atoms. The van der Waals surface area contributed by atoms with E-state index in [2.05, 4.69) is 0 Å². The second-order valence-corrected chi connectivity index (χ2v) is 5.26. The van der Waals surface area contributed by atoms with Crippen LogP contribution >= 0.6 is 0 Å². The van der Waals surface area contributed by atoms with E-state index in [9.17, 15) is 4.79 Å². The van der Waals surface area contributed by atoms with Gasteiger partial charge in [0.15, 0.2) is 17.3 Å². The number of hydrogen-bond donors (Lipinski definition) is 0. The minimum atomic E-state index is -0.0649. The lowest BCUT2D eigenvalue weighted by atomic mass is 9.98. The van der Waals surface area contributed by atoms with Crippen LogP contribution in [0.3, 0.4) is 0 Å². The predicted octanol–water partition coefficient (Wildman–Crippen LogP) is 3.37. The van der Waals surface area contributed by atoms with Crippen LogP contribution in [0, 0.1) is 0 Å². The first-order chi connectivity index (χ1) is 11.7. The van der Waals surface area contributed by atoms with E-state index >= 15 is 0 Å². The number of ketones is 1. The molecule has 0 saturated carbocycles. The number of carbonyl (C=O) groups excluding carboxylic acids is 1. The molecule has 1 heterocycles. The number of fused-ring (bicyclic) bond motifs is 1. The fourth-order valence-electron chi connectivity index (χ4n) is 2.58. The SMILES string of the molecule is COc1ccc2c(c1)C(=O)C(=Cc1ccc(OC)c(OC)c1)CO2. The Hall–Kier alpha value is -2.95. The zero-order chi connectivity index (χ0) is 17.1. The number of hydrogen-bond acceptors (Lipinski definition) is 5. The van der Waals surface area contributed by atoms with Gasteiger partial charge in [-0.2, -0.15) is 0 Å². The molecule has 5 nitrogen and oxygen atoms in total. The quantitative estimate of drug-likeness (QED) is 0.806. The zero-order valence-corrected chi connectivity index (χ0v) is 13.8. The van der Waals surface area contributed by atoms with Crippen LogP contribution in [0.1, 0.15) is 15.9 Å². The lowest BCUT2D eigenvalue weighted by Crippen LogP contribution is -2.19. The number of ether oxygens (including phenoxy) is 4. The molecular weight excluding hydrogens is 308 g/mol. The van der Waals surface area contributed by atoms with E-state index < -0.39 is 0 Å². The van der Waals surface area contributed by atoms with Crippen molar-refractivity contribution in [2.24, 2.45) is 0 Å². The van der Waals surface area contributed by atoms with E-state index in [1.54, 1.807) is 51.7 Å². The molecule has 124 valence electrons. The van der Waals surface area contributed by atoms with Crippen LogP contribution in [0.2, 0.25) is 0 Å². The normalized spacial score (nSPS) is 14.8. The summed E-state index contributed by atoms with van der Waals surface area (Å²) < 4.78 is 21.4. The van der Waals surface area contributed by atoms with Crippen LogP contribution in [0.5, 0.6) is 23.0 Å². The second kappa shape index (κ2) is 6.66. The van der Waals surface area contributed by atoms with Crippen LogP contribution in [0.25, 0.3) is 6.08 Å². The Kier molecular flexibility index (Phi) is 4.42.